The van der Waals surface area contributed by atoms with Crippen molar-refractivity contribution in [1.29, 1.82) is 0 Å². The van der Waals surface area contributed by atoms with E-state index in [0.29, 0.717) is 6.42 Å². The molecule has 0 amide bonds. The predicted molar refractivity (Wildman–Crippen MR) is 74.5 cm³/mol. The Kier molecular flexibility index (Phi) is 7.70. The molecule has 4 heteroatoms. The van der Waals surface area contributed by atoms with E-state index in [9.17, 15) is 5.11 Å². The average molecular weight is 242 g/mol. The summed E-state index contributed by atoms with van der Waals surface area (Å²) in [6.07, 6.45) is 0.397. The molecule has 0 heterocycles. The van der Waals surface area contributed by atoms with E-state index in [1.54, 1.807) is 11.8 Å². The number of rotatable bonds is 4. The number of benzene rings is 1. The third-order valence-corrected chi connectivity index (χ3v) is 3.53. The number of aryl methyl sites for hydroxylation is 3. The van der Waals surface area contributed by atoms with Crippen LogP contribution in [-0.2, 0) is 0 Å². The van der Waals surface area contributed by atoms with Crippen molar-refractivity contribution in [3.63, 3.8) is 0 Å². The van der Waals surface area contributed by atoms with E-state index in [0.717, 1.165) is 0 Å². The van der Waals surface area contributed by atoms with E-state index in [2.05, 4.69) is 37.9 Å². The van der Waals surface area contributed by atoms with Gasteiger partial charge in [0, 0.05) is 36.6 Å². The minimum Gasteiger partial charge on any atom is -0.862 e. The summed E-state index contributed by atoms with van der Waals surface area (Å²) in [4.78, 5) is 4.84. The first kappa shape index (κ1) is 16.6. The summed E-state index contributed by atoms with van der Waals surface area (Å²) in [5, 5.41) is 11.0. The smallest absolute Gasteiger partial charge is 0.0266 e. The fourth-order valence-electron chi connectivity index (χ4n) is 1.64. The van der Waals surface area contributed by atoms with Crippen LogP contribution in [0.2, 0.25) is 0 Å². The van der Waals surface area contributed by atoms with Gasteiger partial charge in [-0.3, -0.25) is 0 Å². The second-order valence-corrected chi connectivity index (χ2v) is 4.81. The third-order valence-electron chi connectivity index (χ3n) is 2.31. The molecule has 0 bridgehead atoms. The third kappa shape index (κ3) is 5.21. The Morgan fingerprint density at radius 3 is 2.29 bits per heavy atom. The Hall–Kier alpha value is -0.363. The summed E-state index contributed by atoms with van der Waals surface area (Å²) in [6.45, 7) is 6.29. The maximum Gasteiger partial charge on any atom is 0.0266 e. The van der Waals surface area contributed by atoms with E-state index in [-0.39, 0.29) is 24.8 Å². The van der Waals surface area contributed by atoms with Crippen LogP contribution in [0.1, 0.15) is 23.1 Å². The van der Waals surface area contributed by atoms with Crippen LogP contribution in [0.5, 0.6) is 0 Å². The molecular weight excluding hydrogens is 225 g/mol. The zero-order valence-electron chi connectivity index (χ0n) is 11.2. The van der Waals surface area contributed by atoms with Gasteiger partial charge in [-0.25, -0.2) is 0 Å². The van der Waals surface area contributed by atoms with Gasteiger partial charge in [-0.15, -0.1) is 11.8 Å². The van der Waals surface area contributed by atoms with Gasteiger partial charge in [0.05, 0.1) is 0 Å². The number of hydrogen-bond donors (Lipinski definition) is 0. The molecule has 0 atom stereocenters. The molecule has 1 aromatic carbocycles. The summed E-state index contributed by atoms with van der Waals surface area (Å²) < 4.78 is 0. The molecule has 0 N–H and O–H groups in total. The molecule has 0 fully saturated rings. The van der Waals surface area contributed by atoms with Crippen molar-refractivity contribution in [2.24, 2.45) is 4.99 Å². The van der Waals surface area contributed by atoms with Gasteiger partial charge in [-0.1, -0.05) is 17.7 Å². The summed E-state index contributed by atoms with van der Waals surface area (Å²) in [6, 6.07) is 4.32. The monoisotopic (exact) mass is 242 g/mol. The van der Waals surface area contributed by atoms with Crippen molar-refractivity contribution in [3.05, 3.63) is 34.6 Å². The molecule has 0 aliphatic carbocycles. The van der Waals surface area contributed by atoms with Crippen LogP contribution in [0.15, 0.2) is 22.0 Å². The molecule has 0 aromatic heterocycles. The first-order valence-corrected chi connectivity index (χ1v) is 6.11. The molecule has 2 radical (unpaired) electrons. The standard InChI is InChI=1S/C13H18NOS.Li/c1-9-7-10(2)13(11(3)8-9)16-6-5-12(15)14-4;/h6-8H,5H2,1-4H3,(H,14,15);/p-1. The van der Waals surface area contributed by atoms with Crippen molar-refractivity contribution in [2.45, 2.75) is 32.1 Å². The number of aliphatic imine (C=N–C) groups is 1. The molecule has 2 nitrogen and oxygen atoms in total. The van der Waals surface area contributed by atoms with Crippen LogP contribution < -0.4 is 5.11 Å². The molecule has 0 aliphatic rings. The summed E-state index contributed by atoms with van der Waals surface area (Å²) in [7, 11) is 1.53. The van der Waals surface area contributed by atoms with Gasteiger partial charge in [0.2, 0.25) is 0 Å². The first-order valence-electron chi connectivity index (χ1n) is 5.23. The van der Waals surface area contributed by atoms with E-state index in [1.165, 1.54) is 28.6 Å². The molecule has 0 aliphatic heterocycles. The summed E-state index contributed by atoms with van der Waals surface area (Å²) >= 11 is 1.62. The average Bonchev–Trinajstić information content (AvgIpc) is 2.21. The van der Waals surface area contributed by atoms with Crippen molar-refractivity contribution in [3.8, 4) is 0 Å². The van der Waals surface area contributed by atoms with Gasteiger partial charge >= 0.3 is 0 Å². The maximum absolute atomic E-state index is 11.0. The first-order chi connectivity index (χ1) is 7.54. The molecule has 0 saturated heterocycles. The molecule has 88 valence electrons. The van der Waals surface area contributed by atoms with E-state index in [1.807, 2.05) is 5.75 Å². The van der Waals surface area contributed by atoms with Gasteiger partial charge < -0.3 is 10.1 Å². The van der Waals surface area contributed by atoms with Crippen LogP contribution in [0.3, 0.4) is 0 Å². The van der Waals surface area contributed by atoms with Crippen LogP contribution in [0, 0.1) is 26.5 Å². The normalized spacial score (nSPS) is 11.2. The van der Waals surface area contributed by atoms with E-state index in [4.69, 9.17) is 0 Å². The Labute approximate surface area is 120 Å². The minimum atomic E-state index is -0.0742. The number of hydrogen-bond acceptors (Lipinski definition) is 3. The van der Waals surface area contributed by atoms with Crippen LogP contribution in [0.25, 0.3) is 0 Å². The van der Waals surface area contributed by atoms with E-state index >= 15 is 0 Å². The Bertz CT molecular complexity index is 381. The van der Waals surface area contributed by atoms with Crippen molar-refractivity contribution >= 4 is 36.5 Å². The second kappa shape index (κ2) is 7.87. The quantitative estimate of drug-likeness (QED) is 0.351. The van der Waals surface area contributed by atoms with Crippen molar-refractivity contribution < 1.29 is 5.11 Å². The van der Waals surface area contributed by atoms with Gasteiger partial charge in [-0.05, 0) is 44.2 Å². The summed E-state index contributed by atoms with van der Waals surface area (Å²) in [5.41, 5.74) is 3.80. The minimum absolute atomic E-state index is 0. The zero-order chi connectivity index (χ0) is 12.1. The SMILES string of the molecule is CN=C([O-])C[CH]Sc1c(C)cc(C)cc1C.[Li]. The second-order valence-electron chi connectivity index (χ2n) is 3.83. The van der Waals surface area contributed by atoms with E-state index < -0.39 is 0 Å². The fraction of sp³-hybridized carbons (Fsp3) is 0.385. The largest absolute Gasteiger partial charge is 0.862 e. The molecule has 1 aromatic rings. The molecule has 0 unspecified atom stereocenters. The van der Waals surface area contributed by atoms with Crippen LogP contribution in [0.4, 0.5) is 0 Å². The van der Waals surface area contributed by atoms with Gasteiger partial charge in [0.1, 0.15) is 0 Å². The maximum atomic E-state index is 11.0. The van der Waals surface area contributed by atoms with Crippen molar-refractivity contribution in [1.82, 2.24) is 0 Å². The Morgan fingerprint density at radius 1 is 1.29 bits per heavy atom. The topological polar surface area (TPSA) is 35.4 Å². The van der Waals surface area contributed by atoms with Crippen molar-refractivity contribution in [2.75, 3.05) is 7.05 Å². The van der Waals surface area contributed by atoms with Crippen LogP contribution in [-0.4, -0.2) is 31.8 Å². The Morgan fingerprint density at radius 2 is 1.82 bits per heavy atom. The molecule has 17 heavy (non-hydrogen) atoms. The number of thioether (sulfide) groups is 1. The predicted octanol–water partition coefficient (Wildman–Crippen LogP) is 2.26. The summed E-state index contributed by atoms with van der Waals surface area (Å²) in [5.74, 6) is 1.84. The van der Waals surface area contributed by atoms with Gasteiger partial charge in [0.15, 0.2) is 0 Å². The number of nitrogens with zero attached hydrogens (tertiary/aromatic N) is 1. The fourth-order valence-corrected chi connectivity index (χ4v) is 2.52. The molecule has 1 rings (SSSR count). The zero-order valence-corrected chi connectivity index (χ0v) is 12.0. The molecule has 0 saturated carbocycles. The van der Waals surface area contributed by atoms with Gasteiger partial charge in [-0.2, -0.15) is 0 Å². The van der Waals surface area contributed by atoms with Gasteiger partial charge in [0.25, 0.3) is 0 Å². The molecule has 0 spiro atoms. The van der Waals surface area contributed by atoms with Crippen LogP contribution >= 0.6 is 11.8 Å². The Balaban J connectivity index is 0.00000256. The molecular formula is C13H17LiNOS-.